The quantitative estimate of drug-likeness (QED) is 0.634. The molecule has 1 heterocycles. The van der Waals surface area contributed by atoms with Gasteiger partial charge in [0.25, 0.3) is 0 Å². The Kier molecular flexibility index (Phi) is 6.02. The zero-order chi connectivity index (χ0) is 15.3. The smallest absolute Gasteiger partial charge is 0.239 e. The minimum absolute atomic E-state index is 0.191. The topological polar surface area (TPSA) is 67.6 Å². The van der Waals surface area contributed by atoms with E-state index in [4.69, 9.17) is 10.5 Å². The molecule has 1 saturated heterocycles. The van der Waals surface area contributed by atoms with E-state index in [1.165, 1.54) is 0 Å². The Hall–Kier alpha value is -0.650. The van der Waals surface area contributed by atoms with Gasteiger partial charge in [0.2, 0.25) is 5.91 Å². The van der Waals surface area contributed by atoms with Crippen molar-refractivity contribution in [2.75, 3.05) is 32.8 Å². The molecule has 5 heteroatoms. The summed E-state index contributed by atoms with van der Waals surface area (Å²) in [6.45, 7) is 8.53. The van der Waals surface area contributed by atoms with Gasteiger partial charge in [0.1, 0.15) is 5.54 Å². The number of nitrogens with zero attached hydrogens (tertiary/aromatic N) is 1. The normalized spacial score (nSPS) is 25.2. The maximum atomic E-state index is 12.2. The lowest BCUT2D eigenvalue weighted by Crippen LogP contribution is -2.63. The highest BCUT2D eigenvalue weighted by Crippen LogP contribution is 2.40. The van der Waals surface area contributed by atoms with Gasteiger partial charge in [-0.3, -0.25) is 9.69 Å². The number of amides is 1. The largest absolute Gasteiger partial charge is 0.377 e. The van der Waals surface area contributed by atoms with Gasteiger partial charge in [-0.15, -0.1) is 0 Å². The lowest BCUT2D eigenvalue weighted by molar-refractivity contribution is -0.126. The highest BCUT2D eigenvalue weighted by molar-refractivity contribution is 5.86. The number of carbonyl (C=O) groups is 1. The van der Waals surface area contributed by atoms with Crippen LogP contribution < -0.4 is 11.1 Å². The van der Waals surface area contributed by atoms with Gasteiger partial charge in [-0.1, -0.05) is 13.8 Å². The van der Waals surface area contributed by atoms with Gasteiger partial charge in [0.15, 0.2) is 0 Å². The van der Waals surface area contributed by atoms with E-state index >= 15 is 0 Å². The zero-order valence-electron chi connectivity index (χ0n) is 13.6. The summed E-state index contributed by atoms with van der Waals surface area (Å²) >= 11 is 0. The van der Waals surface area contributed by atoms with Crippen LogP contribution in [0.15, 0.2) is 0 Å². The number of hydrogen-bond acceptors (Lipinski definition) is 4. The van der Waals surface area contributed by atoms with Crippen molar-refractivity contribution < 1.29 is 9.53 Å². The summed E-state index contributed by atoms with van der Waals surface area (Å²) in [5.74, 6) is 0.212. The van der Waals surface area contributed by atoms with Crippen LogP contribution in [0.3, 0.4) is 0 Å². The molecular weight excluding hydrogens is 266 g/mol. The van der Waals surface area contributed by atoms with Gasteiger partial charge in [-0.2, -0.15) is 0 Å². The first kappa shape index (κ1) is 16.7. The molecule has 1 aliphatic heterocycles. The van der Waals surface area contributed by atoms with Crippen LogP contribution in [0.25, 0.3) is 0 Å². The molecule has 0 aromatic heterocycles. The van der Waals surface area contributed by atoms with Crippen LogP contribution in [0.1, 0.15) is 46.0 Å². The maximum absolute atomic E-state index is 12.2. The van der Waals surface area contributed by atoms with Crippen molar-refractivity contribution in [1.82, 2.24) is 10.2 Å². The summed E-state index contributed by atoms with van der Waals surface area (Å²) in [6, 6.07) is 0. The minimum Gasteiger partial charge on any atom is -0.377 e. The van der Waals surface area contributed by atoms with Crippen molar-refractivity contribution >= 4 is 5.91 Å². The van der Waals surface area contributed by atoms with E-state index in [0.29, 0.717) is 18.6 Å². The predicted octanol–water partition coefficient (Wildman–Crippen LogP) is 1.12. The van der Waals surface area contributed by atoms with Crippen LogP contribution in [0.4, 0.5) is 0 Å². The Bertz CT molecular complexity index is 340. The van der Waals surface area contributed by atoms with Gasteiger partial charge in [0.05, 0.1) is 6.10 Å². The second kappa shape index (κ2) is 7.56. The monoisotopic (exact) mass is 297 g/mol. The summed E-state index contributed by atoms with van der Waals surface area (Å²) in [4.78, 5) is 14.5. The van der Waals surface area contributed by atoms with Crippen molar-refractivity contribution in [2.45, 2.75) is 57.6 Å². The first-order valence-electron chi connectivity index (χ1n) is 8.51. The van der Waals surface area contributed by atoms with Crippen LogP contribution in [0, 0.1) is 5.92 Å². The zero-order valence-corrected chi connectivity index (χ0v) is 13.6. The molecule has 122 valence electrons. The van der Waals surface area contributed by atoms with Crippen molar-refractivity contribution in [1.29, 1.82) is 0 Å². The van der Waals surface area contributed by atoms with E-state index in [0.717, 1.165) is 58.3 Å². The fraction of sp³-hybridized carbons (Fsp3) is 0.938. The molecule has 2 unspecified atom stereocenters. The number of nitrogens with one attached hydrogen (secondary N) is 1. The van der Waals surface area contributed by atoms with Crippen LogP contribution >= 0.6 is 0 Å². The van der Waals surface area contributed by atoms with Gasteiger partial charge >= 0.3 is 0 Å². The van der Waals surface area contributed by atoms with E-state index in [2.05, 4.69) is 24.1 Å². The lowest BCUT2D eigenvalue weighted by Gasteiger charge is -2.37. The molecule has 5 nitrogen and oxygen atoms in total. The van der Waals surface area contributed by atoms with Crippen LogP contribution in [0.2, 0.25) is 0 Å². The highest BCUT2D eigenvalue weighted by Gasteiger charge is 2.50. The molecule has 2 rings (SSSR count). The molecule has 1 amide bonds. The molecule has 0 aromatic carbocycles. The fourth-order valence-corrected chi connectivity index (χ4v) is 3.35. The minimum atomic E-state index is -0.551. The SMILES string of the molecule is CCCNC(CN(CC)CC1CCCO1)(C(N)=O)C1CC1. The number of likely N-dealkylation sites (N-methyl/N-ethyl adjacent to an activating group) is 1. The molecule has 1 aliphatic carbocycles. The Morgan fingerprint density at radius 2 is 2.14 bits per heavy atom. The Balaban J connectivity index is 2.02. The van der Waals surface area contributed by atoms with Crippen LogP contribution in [-0.2, 0) is 9.53 Å². The molecule has 0 bridgehead atoms. The van der Waals surface area contributed by atoms with E-state index in [9.17, 15) is 4.79 Å². The molecule has 3 N–H and O–H groups in total. The van der Waals surface area contributed by atoms with Gasteiger partial charge in [-0.05, 0) is 51.1 Å². The molecule has 2 fully saturated rings. The number of rotatable bonds is 10. The summed E-state index contributed by atoms with van der Waals surface area (Å²) in [6.07, 6.45) is 5.83. The number of nitrogens with two attached hydrogens (primary N) is 1. The van der Waals surface area contributed by atoms with Crippen molar-refractivity contribution in [2.24, 2.45) is 11.7 Å². The van der Waals surface area contributed by atoms with Crippen molar-refractivity contribution in [3.8, 4) is 0 Å². The standard InChI is InChI=1S/C16H31N3O2/c1-3-9-18-16(15(17)20,13-7-8-13)12-19(4-2)11-14-6-5-10-21-14/h13-14,18H,3-12H2,1-2H3,(H2,17,20). The summed E-state index contributed by atoms with van der Waals surface area (Å²) in [5, 5.41) is 3.48. The van der Waals surface area contributed by atoms with Crippen LogP contribution in [-0.4, -0.2) is 55.2 Å². The Morgan fingerprint density at radius 3 is 2.62 bits per heavy atom. The molecule has 21 heavy (non-hydrogen) atoms. The number of hydrogen-bond donors (Lipinski definition) is 2. The molecular formula is C16H31N3O2. The average molecular weight is 297 g/mol. The molecule has 0 aromatic rings. The lowest BCUT2D eigenvalue weighted by atomic mass is 9.90. The number of carbonyl (C=O) groups excluding carboxylic acids is 1. The van der Waals surface area contributed by atoms with Crippen LogP contribution in [0.5, 0.6) is 0 Å². The first-order valence-corrected chi connectivity index (χ1v) is 8.51. The van der Waals surface area contributed by atoms with Gasteiger partial charge in [0, 0.05) is 19.7 Å². The fourth-order valence-electron chi connectivity index (χ4n) is 3.35. The molecule has 1 saturated carbocycles. The number of primary amides is 1. The predicted molar refractivity (Wildman–Crippen MR) is 84.0 cm³/mol. The molecule has 2 aliphatic rings. The third-order valence-corrected chi connectivity index (χ3v) is 4.81. The molecule has 0 radical (unpaired) electrons. The maximum Gasteiger partial charge on any atom is 0.239 e. The number of ether oxygens (including phenoxy) is 1. The second-order valence-electron chi connectivity index (χ2n) is 6.50. The second-order valence-corrected chi connectivity index (χ2v) is 6.50. The third-order valence-electron chi connectivity index (χ3n) is 4.81. The van der Waals surface area contributed by atoms with E-state index < -0.39 is 5.54 Å². The van der Waals surface area contributed by atoms with Gasteiger partial charge < -0.3 is 15.8 Å². The highest BCUT2D eigenvalue weighted by atomic mass is 16.5. The van der Waals surface area contributed by atoms with E-state index in [1.807, 2.05) is 0 Å². The third kappa shape index (κ3) is 4.18. The van der Waals surface area contributed by atoms with Crippen molar-refractivity contribution in [3.63, 3.8) is 0 Å². The molecule has 2 atom stereocenters. The Morgan fingerprint density at radius 1 is 1.38 bits per heavy atom. The van der Waals surface area contributed by atoms with Gasteiger partial charge in [-0.25, -0.2) is 0 Å². The average Bonchev–Trinajstić information content (AvgIpc) is 3.20. The van der Waals surface area contributed by atoms with E-state index in [-0.39, 0.29) is 5.91 Å². The summed E-state index contributed by atoms with van der Waals surface area (Å²) < 4.78 is 5.74. The first-order chi connectivity index (χ1) is 10.1. The summed E-state index contributed by atoms with van der Waals surface area (Å²) in [5.41, 5.74) is 5.25. The Labute approximate surface area is 128 Å². The molecule has 0 spiro atoms. The summed E-state index contributed by atoms with van der Waals surface area (Å²) in [7, 11) is 0. The van der Waals surface area contributed by atoms with Crippen molar-refractivity contribution in [3.05, 3.63) is 0 Å². The van der Waals surface area contributed by atoms with E-state index in [1.54, 1.807) is 0 Å².